The number of ether oxygens (including phenoxy) is 1. The molecule has 0 atom stereocenters. The fourth-order valence-corrected chi connectivity index (χ4v) is 3.42. The molecule has 0 saturated heterocycles. The maximum absolute atomic E-state index is 13.1. The number of halogens is 2. The van der Waals surface area contributed by atoms with Crippen molar-refractivity contribution < 1.29 is 9.13 Å². The first-order valence-electron chi connectivity index (χ1n) is 8.97. The van der Waals surface area contributed by atoms with Crippen molar-refractivity contribution in [1.29, 1.82) is 0 Å². The van der Waals surface area contributed by atoms with Crippen LogP contribution in [0.1, 0.15) is 22.4 Å². The Hall–Kier alpha value is -2.85. The van der Waals surface area contributed by atoms with Gasteiger partial charge >= 0.3 is 0 Å². The van der Waals surface area contributed by atoms with Crippen LogP contribution in [0.15, 0.2) is 66.9 Å². The molecule has 4 rings (SSSR count). The standard InChI is InChI=1S/C23H21FN2O.ClH/c1-16-20(14-17-6-4-3-5-7-17)22-21(26(16)2)12-13-25-23(22)27-15-18-8-10-19(24)11-9-18;/h3-13H,14-15H2,1-2H3;1H. The number of nitrogens with zero attached hydrogens (tertiary/aromatic N) is 2. The Morgan fingerprint density at radius 3 is 2.39 bits per heavy atom. The summed E-state index contributed by atoms with van der Waals surface area (Å²) < 4.78 is 21.3. The van der Waals surface area contributed by atoms with Crippen LogP contribution >= 0.6 is 12.4 Å². The smallest absolute Gasteiger partial charge is 0.223 e. The highest BCUT2D eigenvalue weighted by Gasteiger charge is 2.17. The molecule has 144 valence electrons. The van der Waals surface area contributed by atoms with E-state index in [0.29, 0.717) is 12.5 Å². The fourth-order valence-electron chi connectivity index (χ4n) is 3.42. The van der Waals surface area contributed by atoms with E-state index in [4.69, 9.17) is 4.74 Å². The highest BCUT2D eigenvalue weighted by molar-refractivity contribution is 5.90. The third-order valence-electron chi connectivity index (χ3n) is 5.01. The van der Waals surface area contributed by atoms with Gasteiger partial charge in [-0.1, -0.05) is 42.5 Å². The summed E-state index contributed by atoms with van der Waals surface area (Å²) in [4.78, 5) is 4.49. The Morgan fingerprint density at radius 1 is 0.964 bits per heavy atom. The van der Waals surface area contributed by atoms with E-state index >= 15 is 0 Å². The minimum absolute atomic E-state index is 0. The molecule has 0 spiro atoms. The molecule has 2 aromatic carbocycles. The van der Waals surface area contributed by atoms with E-state index in [1.54, 1.807) is 18.3 Å². The van der Waals surface area contributed by atoms with Crippen LogP contribution < -0.4 is 4.74 Å². The van der Waals surface area contributed by atoms with Crippen molar-refractivity contribution in [1.82, 2.24) is 9.55 Å². The van der Waals surface area contributed by atoms with E-state index < -0.39 is 0 Å². The summed E-state index contributed by atoms with van der Waals surface area (Å²) in [6.45, 7) is 2.48. The summed E-state index contributed by atoms with van der Waals surface area (Å²) in [6, 6.07) is 18.8. The normalized spacial score (nSPS) is 10.7. The van der Waals surface area contributed by atoms with Gasteiger partial charge in [0.05, 0.1) is 10.9 Å². The average Bonchev–Trinajstić information content (AvgIpc) is 2.94. The van der Waals surface area contributed by atoms with Gasteiger partial charge in [-0.15, -0.1) is 12.4 Å². The van der Waals surface area contributed by atoms with Crippen molar-refractivity contribution in [2.45, 2.75) is 20.0 Å². The van der Waals surface area contributed by atoms with Gasteiger partial charge < -0.3 is 9.30 Å². The van der Waals surface area contributed by atoms with Gasteiger partial charge in [-0.3, -0.25) is 0 Å². The molecular weight excluding hydrogens is 375 g/mol. The molecule has 5 heteroatoms. The minimum atomic E-state index is -0.247. The first-order chi connectivity index (χ1) is 13.1. The van der Waals surface area contributed by atoms with Crippen molar-refractivity contribution >= 4 is 23.3 Å². The number of pyridine rings is 1. The van der Waals surface area contributed by atoms with Crippen molar-refractivity contribution in [3.05, 3.63) is 95.1 Å². The van der Waals surface area contributed by atoms with Gasteiger partial charge in [0.25, 0.3) is 0 Å². The predicted octanol–water partition coefficient (Wildman–Crippen LogP) is 5.61. The summed E-state index contributed by atoms with van der Waals surface area (Å²) >= 11 is 0. The fraction of sp³-hybridized carbons (Fsp3) is 0.174. The molecule has 0 aliphatic heterocycles. The molecule has 0 bridgehead atoms. The van der Waals surface area contributed by atoms with Gasteiger partial charge in [-0.05, 0) is 41.8 Å². The summed E-state index contributed by atoms with van der Waals surface area (Å²) in [5.41, 5.74) is 5.69. The van der Waals surface area contributed by atoms with Crippen molar-refractivity contribution in [2.75, 3.05) is 0 Å². The number of hydrogen-bond donors (Lipinski definition) is 0. The quantitative estimate of drug-likeness (QED) is 0.438. The number of aryl methyl sites for hydroxylation is 1. The molecule has 28 heavy (non-hydrogen) atoms. The number of rotatable bonds is 5. The van der Waals surface area contributed by atoms with Gasteiger partial charge in [-0.25, -0.2) is 9.37 Å². The zero-order valence-electron chi connectivity index (χ0n) is 15.9. The van der Waals surface area contributed by atoms with E-state index in [1.165, 1.54) is 29.0 Å². The molecule has 0 N–H and O–H groups in total. The van der Waals surface area contributed by atoms with Gasteiger partial charge in [-0.2, -0.15) is 0 Å². The van der Waals surface area contributed by atoms with E-state index in [9.17, 15) is 4.39 Å². The van der Waals surface area contributed by atoms with E-state index in [1.807, 2.05) is 12.1 Å². The maximum atomic E-state index is 13.1. The van der Waals surface area contributed by atoms with Crippen LogP contribution in [0.25, 0.3) is 10.9 Å². The number of benzene rings is 2. The van der Waals surface area contributed by atoms with Crippen LogP contribution in [0.4, 0.5) is 4.39 Å². The SMILES string of the molecule is Cc1c(Cc2ccccc2)c2c(OCc3ccc(F)cc3)nccc2n1C.Cl. The largest absolute Gasteiger partial charge is 0.472 e. The lowest BCUT2D eigenvalue weighted by molar-refractivity contribution is 0.298. The third kappa shape index (κ3) is 3.87. The van der Waals surface area contributed by atoms with Crippen molar-refractivity contribution in [3.63, 3.8) is 0 Å². The molecule has 0 aliphatic carbocycles. The summed E-state index contributed by atoms with van der Waals surface area (Å²) in [7, 11) is 2.07. The first-order valence-corrected chi connectivity index (χ1v) is 8.97. The van der Waals surface area contributed by atoms with E-state index in [0.717, 1.165) is 22.9 Å². The first kappa shape index (κ1) is 19.9. The van der Waals surface area contributed by atoms with Gasteiger partial charge in [0, 0.05) is 25.4 Å². The summed E-state index contributed by atoms with van der Waals surface area (Å²) in [5, 5.41) is 1.04. The molecule has 0 saturated carbocycles. The van der Waals surface area contributed by atoms with E-state index in [-0.39, 0.29) is 18.2 Å². The molecule has 0 unspecified atom stereocenters. The second-order valence-electron chi connectivity index (χ2n) is 6.71. The Balaban J connectivity index is 0.00000225. The molecule has 0 fully saturated rings. The van der Waals surface area contributed by atoms with Crippen LogP contribution in [0.5, 0.6) is 5.88 Å². The van der Waals surface area contributed by atoms with Gasteiger partial charge in [0.2, 0.25) is 5.88 Å². The van der Waals surface area contributed by atoms with Gasteiger partial charge in [0.1, 0.15) is 12.4 Å². The predicted molar refractivity (Wildman–Crippen MR) is 113 cm³/mol. The maximum Gasteiger partial charge on any atom is 0.223 e. The zero-order valence-corrected chi connectivity index (χ0v) is 16.7. The lowest BCUT2D eigenvalue weighted by Crippen LogP contribution is -1.99. The highest BCUT2D eigenvalue weighted by atomic mass is 35.5. The molecular formula is C23H22ClFN2O. The van der Waals surface area contributed by atoms with Crippen molar-refractivity contribution in [3.8, 4) is 5.88 Å². The van der Waals surface area contributed by atoms with Crippen LogP contribution in [0.2, 0.25) is 0 Å². The van der Waals surface area contributed by atoms with Gasteiger partial charge in [0.15, 0.2) is 0 Å². The molecule has 2 aromatic heterocycles. The minimum Gasteiger partial charge on any atom is -0.472 e. The Kier molecular flexibility index (Phi) is 6.00. The molecule has 4 aromatic rings. The molecule has 0 radical (unpaired) electrons. The monoisotopic (exact) mass is 396 g/mol. The van der Waals surface area contributed by atoms with Crippen LogP contribution in [0, 0.1) is 12.7 Å². The van der Waals surface area contributed by atoms with Crippen LogP contribution in [-0.2, 0) is 20.1 Å². The highest BCUT2D eigenvalue weighted by Crippen LogP contribution is 2.33. The molecule has 0 amide bonds. The number of aromatic nitrogens is 2. The second-order valence-corrected chi connectivity index (χ2v) is 6.71. The number of fused-ring (bicyclic) bond motifs is 1. The van der Waals surface area contributed by atoms with Crippen LogP contribution in [-0.4, -0.2) is 9.55 Å². The topological polar surface area (TPSA) is 27.1 Å². The van der Waals surface area contributed by atoms with Crippen molar-refractivity contribution in [2.24, 2.45) is 7.05 Å². The lowest BCUT2D eigenvalue weighted by Gasteiger charge is -2.09. The zero-order chi connectivity index (χ0) is 18.8. The Morgan fingerprint density at radius 2 is 1.68 bits per heavy atom. The Labute approximate surface area is 170 Å². The Bertz CT molecular complexity index is 1080. The van der Waals surface area contributed by atoms with Crippen LogP contribution in [0.3, 0.4) is 0 Å². The molecule has 2 heterocycles. The molecule has 0 aliphatic rings. The number of hydrogen-bond acceptors (Lipinski definition) is 2. The van der Waals surface area contributed by atoms with E-state index in [2.05, 4.69) is 47.8 Å². The second kappa shape index (κ2) is 8.44. The third-order valence-corrected chi connectivity index (χ3v) is 5.01. The summed E-state index contributed by atoms with van der Waals surface area (Å²) in [5.74, 6) is 0.370. The average molecular weight is 397 g/mol. The summed E-state index contributed by atoms with van der Waals surface area (Å²) in [6.07, 6.45) is 2.59. The lowest BCUT2D eigenvalue weighted by atomic mass is 10.0. The molecule has 3 nitrogen and oxygen atoms in total.